The molecule has 0 aromatic carbocycles. The van der Waals surface area contributed by atoms with Crippen molar-refractivity contribution in [2.75, 3.05) is 67.1 Å². The summed E-state index contributed by atoms with van der Waals surface area (Å²) in [6, 6.07) is 0. The number of hydrogen-bond acceptors (Lipinski definition) is 11. The summed E-state index contributed by atoms with van der Waals surface area (Å²) in [5, 5.41) is 23.0. The minimum Gasteiger partial charge on any atom is -0.870 e. The Hall–Kier alpha value is -1.25. The Morgan fingerprint density at radius 2 is 1.27 bits per heavy atom. The molecule has 1 saturated heterocycles. The number of rotatable bonds is 7. The van der Waals surface area contributed by atoms with Crippen LogP contribution in [0.2, 0.25) is 0 Å². The van der Waals surface area contributed by atoms with Crippen molar-refractivity contribution >= 4 is 17.9 Å². The van der Waals surface area contributed by atoms with Gasteiger partial charge in [0, 0.05) is 19.8 Å². The fraction of sp³-hybridized carbons (Fsp3) is 0.833. The third kappa shape index (κ3) is 66.1. The summed E-state index contributed by atoms with van der Waals surface area (Å²) in [4.78, 5) is 29.5. The predicted octanol–water partition coefficient (Wildman–Crippen LogP) is -1.84. The maximum absolute atomic E-state index is 11.2. The summed E-state index contributed by atoms with van der Waals surface area (Å²) >= 11 is 0. The summed E-state index contributed by atoms with van der Waals surface area (Å²) in [7, 11) is 2.56. The van der Waals surface area contributed by atoms with Crippen LogP contribution in [0.1, 0.15) is 19.8 Å². The Bertz CT molecular complexity index is 505. The smallest absolute Gasteiger partial charge is 0.870 e. The number of carboxylic acids is 1. The monoisotopic (exact) mass is 578 g/mol. The number of esters is 2. The molecule has 12 nitrogen and oxygen atoms in total. The SMILES string of the molecule is C1CCOC1.CCOCC(=O)OC.COC(=O)CO.O=C(O)COCC(F)(F)F.OCC(F)(F)F.[Na+].[OH-]. The molecule has 1 heterocycles. The molecule has 4 N–H and O–H groups in total. The predicted molar refractivity (Wildman–Crippen MR) is 107 cm³/mol. The zero-order valence-corrected chi connectivity index (χ0v) is 22.9. The molecule has 1 rings (SSSR count). The molecule has 0 aliphatic carbocycles. The molecule has 0 radical (unpaired) electrons. The number of aliphatic hydroxyl groups excluding tert-OH is 2. The Labute approximate surface area is 231 Å². The van der Waals surface area contributed by atoms with Crippen LogP contribution in [0.5, 0.6) is 0 Å². The molecule has 1 aliphatic rings. The first-order valence-electron chi connectivity index (χ1n) is 9.53. The van der Waals surface area contributed by atoms with Gasteiger partial charge in [-0.1, -0.05) is 0 Å². The van der Waals surface area contributed by atoms with Crippen LogP contribution >= 0.6 is 0 Å². The Balaban J connectivity index is -0.0000000816. The van der Waals surface area contributed by atoms with Gasteiger partial charge in [-0.3, -0.25) is 0 Å². The second-order valence-electron chi connectivity index (χ2n) is 5.54. The van der Waals surface area contributed by atoms with Gasteiger partial charge in [-0.25, -0.2) is 14.4 Å². The summed E-state index contributed by atoms with van der Waals surface area (Å²) < 4.78 is 86.9. The van der Waals surface area contributed by atoms with Crippen molar-refractivity contribution in [3.8, 4) is 0 Å². The Morgan fingerprint density at radius 1 is 0.838 bits per heavy atom. The average molecular weight is 578 g/mol. The van der Waals surface area contributed by atoms with Crippen molar-refractivity contribution in [1.82, 2.24) is 0 Å². The number of aliphatic carboxylic acids is 1. The fourth-order valence-electron chi connectivity index (χ4n) is 1.07. The van der Waals surface area contributed by atoms with Crippen LogP contribution in [0.3, 0.4) is 0 Å². The minimum absolute atomic E-state index is 0. The number of alkyl halides is 6. The van der Waals surface area contributed by atoms with Crippen LogP contribution in [-0.4, -0.2) is 118 Å². The molecule has 1 aliphatic heterocycles. The average Bonchev–Trinajstić information content (AvgIpc) is 3.36. The summed E-state index contributed by atoms with van der Waals surface area (Å²) in [5.41, 5.74) is 0. The molecule has 0 aromatic rings. The van der Waals surface area contributed by atoms with E-state index in [2.05, 4.69) is 14.2 Å². The largest absolute Gasteiger partial charge is 1.00 e. The molecule has 0 spiro atoms. The first-order valence-corrected chi connectivity index (χ1v) is 9.53. The molecular weight excluding hydrogens is 545 g/mol. The van der Waals surface area contributed by atoms with E-state index in [9.17, 15) is 40.7 Å². The second kappa shape index (κ2) is 32.8. The van der Waals surface area contributed by atoms with E-state index in [4.69, 9.17) is 24.8 Å². The van der Waals surface area contributed by atoms with Crippen molar-refractivity contribution in [3.05, 3.63) is 0 Å². The zero-order valence-electron chi connectivity index (χ0n) is 20.9. The molecule has 37 heavy (non-hydrogen) atoms. The van der Waals surface area contributed by atoms with Crippen LogP contribution in [0, 0.1) is 0 Å². The zero-order chi connectivity index (χ0) is 28.3. The van der Waals surface area contributed by atoms with Gasteiger partial charge < -0.3 is 44.5 Å². The van der Waals surface area contributed by atoms with Gasteiger partial charge in [0.25, 0.3) is 0 Å². The maximum Gasteiger partial charge on any atom is 1.00 e. The van der Waals surface area contributed by atoms with Crippen LogP contribution in [0.4, 0.5) is 26.3 Å². The Morgan fingerprint density at radius 3 is 1.46 bits per heavy atom. The fourth-order valence-corrected chi connectivity index (χ4v) is 1.07. The number of carbonyl (C=O) groups is 3. The van der Waals surface area contributed by atoms with E-state index in [1.807, 2.05) is 6.92 Å². The molecule has 220 valence electrons. The van der Waals surface area contributed by atoms with Gasteiger partial charge in [0.1, 0.15) is 33.0 Å². The minimum atomic E-state index is -4.45. The molecule has 0 saturated carbocycles. The van der Waals surface area contributed by atoms with Crippen molar-refractivity contribution in [3.63, 3.8) is 0 Å². The topological polar surface area (TPSA) is 188 Å². The van der Waals surface area contributed by atoms with Gasteiger partial charge in [-0.15, -0.1) is 0 Å². The van der Waals surface area contributed by atoms with Crippen molar-refractivity contribution in [2.24, 2.45) is 0 Å². The number of ether oxygens (including phenoxy) is 5. The number of carboxylic acid groups (broad SMARTS) is 1. The normalized spacial score (nSPS) is 11.4. The number of halogens is 6. The van der Waals surface area contributed by atoms with Crippen molar-refractivity contribution in [2.45, 2.75) is 32.1 Å². The summed E-state index contributed by atoms with van der Waals surface area (Å²) in [6.07, 6.45) is -6.30. The van der Waals surface area contributed by atoms with E-state index in [1.54, 1.807) is 0 Å². The summed E-state index contributed by atoms with van der Waals surface area (Å²) in [5.74, 6) is -2.34. The third-order valence-electron chi connectivity index (χ3n) is 2.51. The molecule has 0 unspecified atom stereocenters. The van der Waals surface area contributed by atoms with E-state index in [1.165, 1.54) is 27.1 Å². The molecule has 0 amide bonds. The maximum atomic E-state index is 11.2. The van der Waals surface area contributed by atoms with Crippen LogP contribution in [0.15, 0.2) is 0 Å². The standard InChI is InChI=1S/C5H10O3.C4H5F3O3.C4H8O.C3H6O3.C2H3F3O.Na.H2O/c1-3-8-4-5(6)7-2;5-4(6,7)2-10-1-3(8)9;1-2-4-5-3-1;1-6-3(5)2-4;3-2(4,5)1-6;;/h3-4H2,1-2H3;1-2H2,(H,8,9);1-4H2;4H,2H2,1H3;6H,1H2;;1H2/q;;;;;+1;/p-1. The van der Waals surface area contributed by atoms with Crippen LogP contribution in [-0.2, 0) is 38.1 Å². The van der Waals surface area contributed by atoms with Gasteiger partial charge in [0.2, 0.25) is 0 Å². The second-order valence-corrected chi connectivity index (χ2v) is 5.54. The van der Waals surface area contributed by atoms with Crippen LogP contribution in [0.25, 0.3) is 0 Å². The number of carbonyl (C=O) groups excluding carboxylic acids is 2. The summed E-state index contributed by atoms with van der Waals surface area (Å²) in [6.45, 7) is -0.257. The van der Waals surface area contributed by atoms with Gasteiger partial charge in [0.15, 0.2) is 0 Å². The Kier molecular flexibility index (Phi) is 43.2. The molecular formula is C18H33F6NaO12. The van der Waals surface area contributed by atoms with Crippen molar-refractivity contribution in [1.29, 1.82) is 0 Å². The van der Waals surface area contributed by atoms with Crippen LogP contribution < -0.4 is 29.6 Å². The number of aliphatic hydroxyl groups is 2. The molecule has 0 aromatic heterocycles. The van der Waals surface area contributed by atoms with E-state index in [0.717, 1.165) is 13.2 Å². The van der Waals surface area contributed by atoms with Gasteiger partial charge in [0.05, 0.1) is 14.2 Å². The van der Waals surface area contributed by atoms with E-state index >= 15 is 0 Å². The molecule has 0 atom stereocenters. The first-order chi connectivity index (χ1) is 16.1. The van der Waals surface area contributed by atoms with Crippen molar-refractivity contribution < 1.29 is 115 Å². The van der Waals surface area contributed by atoms with E-state index < -0.39 is 50.7 Å². The number of methoxy groups -OCH3 is 2. The van der Waals surface area contributed by atoms with Gasteiger partial charge in [-0.2, -0.15) is 26.3 Å². The van der Waals surface area contributed by atoms with Gasteiger partial charge >= 0.3 is 59.8 Å². The van der Waals surface area contributed by atoms with E-state index in [0.29, 0.717) is 6.61 Å². The molecule has 0 bridgehead atoms. The molecule has 19 heteroatoms. The number of hydrogen-bond donors (Lipinski definition) is 3. The first kappa shape index (κ1) is 48.8. The third-order valence-corrected chi connectivity index (χ3v) is 2.51. The van der Waals surface area contributed by atoms with E-state index in [-0.39, 0.29) is 47.6 Å². The quantitative estimate of drug-likeness (QED) is 0.174. The molecule has 1 fully saturated rings. The van der Waals surface area contributed by atoms with Gasteiger partial charge in [-0.05, 0) is 19.8 Å².